The zero-order chi connectivity index (χ0) is 11.8. The average Bonchev–Trinajstić information content (AvgIpc) is 2.25. The number of benzene rings is 1. The third-order valence-corrected chi connectivity index (χ3v) is 2.81. The van der Waals surface area contributed by atoms with Gasteiger partial charge < -0.3 is 9.47 Å². The third-order valence-electron chi connectivity index (χ3n) is 2.04. The molecule has 1 rings (SSSR count). The lowest BCUT2D eigenvalue weighted by atomic mass is 10.2. The molecule has 0 bridgehead atoms. The summed E-state index contributed by atoms with van der Waals surface area (Å²) in [6, 6.07) is 8.09. The van der Waals surface area contributed by atoms with Crippen LogP contribution in [0, 0.1) is 5.92 Å². The van der Waals surface area contributed by atoms with Gasteiger partial charge >= 0.3 is 0 Å². The van der Waals surface area contributed by atoms with Crippen molar-refractivity contribution < 1.29 is 9.47 Å². The van der Waals surface area contributed by atoms with E-state index >= 15 is 0 Å². The Labute approximate surface area is 106 Å². The lowest BCUT2D eigenvalue weighted by Crippen LogP contribution is -2.08. The Morgan fingerprint density at radius 2 is 1.81 bits per heavy atom. The molecule has 1 aromatic carbocycles. The quantitative estimate of drug-likeness (QED) is 0.713. The largest absolute Gasteiger partial charge is 0.379 e. The number of hydrogen-bond donors (Lipinski definition) is 0. The first-order chi connectivity index (χ1) is 7.70. The maximum absolute atomic E-state index is 5.53. The van der Waals surface area contributed by atoms with E-state index in [1.165, 1.54) is 5.56 Å². The summed E-state index contributed by atoms with van der Waals surface area (Å²) in [6.07, 6.45) is 0. The van der Waals surface area contributed by atoms with Gasteiger partial charge in [0, 0.05) is 11.1 Å². The van der Waals surface area contributed by atoms with Gasteiger partial charge in [-0.05, 0) is 17.5 Å². The van der Waals surface area contributed by atoms with Gasteiger partial charge in [-0.15, -0.1) is 0 Å². The Morgan fingerprint density at radius 3 is 2.50 bits per heavy atom. The molecular formula is C13H19BrO2. The molecule has 2 nitrogen and oxygen atoms in total. The van der Waals surface area contributed by atoms with Gasteiger partial charge in [0.15, 0.2) is 0 Å². The molecule has 90 valence electrons. The van der Waals surface area contributed by atoms with Gasteiger partial charge in [0.25, 0.3) is 0 Å². The van der Waals surface area contributed by atoms with Gasteiger partial charge in [-0.2, -0.15) is 0 Å². The van der Waals surface area contributed by atoms with E-state index in [0.717, 1.165) is 11.1 Å². The minimum Gasteiger partial charge on any atom is -0.379 e. The Kier molecular flexibility index (Phi) is 6.69. The fourth-order valence-electron chi connectivity index (χ4n) is 1.23. The van der Waals surface area contributed by atoms with Crippen LogP contribution in [-0.4, -0.2) is 19.8 Å². The number of ether oxygens (including phenoxy) is 2. The lowest BCUT2D eigenvalue weighted by Gasteiger charge is -2.08. The highest BCUT2D eigenvalue weighted by atomic mass is 79.9. The second-order valence-electron chi connectivity index (χ2n) is 4.11. The van der Waals surface area contributed by atoms with E-state index in [2.05, 4.69) is 35.8 Å². The van der Waals surface area contributed by atoms with Crippen LogP contribution in [0.25, 0.3) is 0 Å². The smallest absolute Gasteiger partial charge is 0.0728 e. The zero-order valence-electron chi connectivity index (χ0n) is 9.91. The standard InChI is InChI=1S/C13H19BrO2/c1-11(2)9-15-7-8-16-10-12-5-3-4-6-13(12)14/h3-6,11H,7-10H2,1-2H3. The minimum atomic E-state index is 0.586. The maximum Gasteiger partial charge on any atom is 0.0728 e. The number of halogens is 1. The molecule has 0 aliphatic carbocycles. The van der Waals surface area contributed by atoms with Crippen molar-refractivity contribution in [2.24, 2.45) is 5.92 Å². The van der Waals surface area contributed by atoms with Crippen molar-refractivity contribution in [1.29, 1.82) is 0 Å². The molecule has 0 unspecified atom stereocenters. The third kappa shape index (κ3) is 5.64. The van der Waals surface area contributed by atoms with Crippen molar-refractivity contribution in [3.8, 4) is 0 Å². The van der Waals surface area contributed by atoms with Crippen molar-refractivity contribution >= 4 is 15.9 Å². The monoisotopic (exact) mass is 286 g/mol. The van der Waals surface area contributed by atoms with Gasteiger partial charge in [0.2, 0.25) is 0 Å². The minimum absolute atomic E-state index is 0.586. The summed E-state index contributed by atoms with van der Waals surface area (Å²) in [5.41, 5.74) is 1.17. The molecule has 0 atom stereocenters. The van der Waals surface area contributed by atoms with Crippen LogP contribution in [0.5, 0.6) is 0 Å². The van der Waals surface area contributed by atoms with Gasteiger partial charge in [0.05, 0.1) is 19.8 Å². The summed E-state index contributed by atoms with van der Waals surface area (Å²) in [5, 5.41) is 0. The molecule has 0 N–H and O–H groups in total. The Morgan fingerprint density at radius 1 is 1.12 bits per heavy atom. The lowest BCUT2D eigenvalue weighted by molar-refractivity contribution is 0.0313. The highest BCUT2D eigenvalue weighted by Gasteiger charge is 1.98. The molecule has 0 heterocycles. The number of hydrogen-bond acceptors (Lipinski definition) is 2. The number of rotatable bonds is 7. The Hall–Kier alpha value is -0.380. The van der Waals surface area contributed by atoms with Crippen molar-refractivity contribution in [2.45, 2.75) is 20.5 Å². The zero-order valence-corrected chi connectivity index (χ0v) is 11.5. The predicted molar refractivity (Wildman–Crippen MR) is 69.5 cm³/mol. The van der Waals surface area contributed by atoms with E-state index in [9.17, 15) is 0 Å². The topological polar surface area (TPSA) is 18.5 Å². The van der Waals surface area contributed by atoms with Crippen LogP contribution >= 0.6 is 15.9 Å². The van der Waals surface area contributed by atoms with Crippen LogP contribution in [0.1, 0.15) is 19.4 Å². The highest BCUT2D eigenvalue weighted by Crippen LogP contribution is 2.16. The highest BCUT2D eigenvalue weighted by molar-refractivity contribution is 9.10. The first-order valence-corrected chi connectivity index (χ1v) is 6.38. The molecule has 1 aromatic rings. The molecule has 0 fully saturated rings. The fourth-order valence-corrected chi connectivity index (χ4v) is 1.63. The van der Waals surface area contributed by atoms with Gasteiger partial charge in [-0.25, -0.2) is 0 Å². The van der Waals surface area contributed by atoms with Crippen molar-refractivity contribution in [2.75, 3.05) is 19.8 Å². The molecule has 0 spiro atoms. The molecule has 0 amide bonds. The Bertz CT molecular complexity index is 300. The molecule has 16 heavy (non-hydrogen) atoms. The van der Waals surface area contributed by atoms with Crippen molar-refractivity contribution in [3.05, 3.63) is 34.3 Å². The molecule has 0 radical (unpaired) electrons. The van der Waals surface area contributed by atoms with Gasteiger partial charge in [0.1, 0.15) is 0 Å². The summed E-state index contributed by atoms with van der Waals surface area (Å²) in [6.45, 7) is 7.03. The molecule has 0 saturated heterocycles. The van der Waals surface area contributed by atoms with E-state index < -0.39 is 0 Å². The SMILES string of the molecule is CC(C)COCCOCc1ccccc1Br. The van der Waals surface area contributed by atoms with Crippen LogP contribution in [0.15, 0.2) is 28.7 Å². The second kappa shape index (κ2) is 7.82. The molecule has 0 saturated carbocycles. The van der Waals surface area contributed by atoms with Gasteiger partial charge in [-0.1, -0.05) is 48.0 Å². The predicted octanol–water partition coefficient (Wildman–Crippen LogP) is 3.64. The van der Waals surface area contributed by atoms with E-state index in [1.807, 2.05) is 18.2 Å². The maximum atomic E-state index is 5.53. The van der Waals surface area contributed by atoms with Crippen LogP contribution in [0.2, 0.25) is 0 Å². The summed E-state index contributed by atoms with van der Waals surface area (Å²) in [7, 11) is 0. The summed E-state index contributed by atoms with van der Waals surface area (Å²) in [4.78, 5) is 0. The fraction of sp³-hybridized carbons (Fsp3) is 0.538. The summed E-state index contributed by atoms with van der Waals surface area (Å²) in [5.74, 6) is 0.586. The van der Waals surface area contributed by atoms with Gasteiger partial charge in [-0.3, -0.25) is 0 Å². The Balaban J connectivity index is 2.10. The molecule has 3 heteroatoms. The first kappa shape index (κ1) is 13.7. The van der Waals surface area contributed by atoms with E-state index in [-0.39, 0.29) is 0 Å². The molecule has 0 aromatic heterocycles. The van der Waals surface area contributed by atoms with Crippen LogP contribution < -0.4 is 0 Å². The first-order valence-electron chi connectivity index (χ1n) is 5.59. The van der Waals surface area contributed by atoms with Crippen LogP contribution in [-0.2, 0) is 16.1 Å². The van der Waals surface area contributed by atoms with E-state index in [1.54, 1.807) is 0 Å². The normalized spacial score (nSPS) is 11.0. The molecule has 0 aliphatic rings. The van der Waals surface area contributed by atoms with Crippen molar-refractivity contribution in [1.82, 2.24) is 0 Å². The van der Waals surface area contributed by atoms with E-state index in [0.29, 0.717) is 25.7 Å². The van der Waals surface area contributed by atoms with Crippen LogP contribution in [0.4, 0.5) is 0 Å². The van der Waals surface area contributed by atoms with Crippen molar-refractivity contribution in [3.63, 3.8) is 0 Å². The van der Waals surface area contributed by atoms with E-state index in [4.69, 9.17) is 9.47 Å². The molecular weight excluding hydrogens is 268 g/mol. The van der Waals surface area contributed by atoms with Crippen LogP contribution in [0.3, 0.4) is 0 Å². The summed E-state index contributed by atoms with van der Waals surface area (Å²) >= 11 is 3.49. The average molecular weight is 287 g/mol. The second-order valence-corrected chi connectivity index (χ2v) is 4.97. The molecule has 0 aliphatic heterocycles. The summed E-state index contributed by atoms with van der Waals surface area (Å²) < 4.78 is 12.0.